The number of carbonyl (C=O) groups is 3. The molecular formula is C19H21N3O4. The van der Waals surface area contributed by atoms with E-state index in [1.54, 1.807) is 12.1 Å². The third kappa shape index (κ3) is 6.40. The molecule has 26 heavy (non-hydrogen) atoms. The van der Waals surface area contributed by atoms with E-state index in [1.165, 1.54) is 30.5 Å². The molecule has 0 heterocycles. The molecular weight excluding hydrogens is 334 g/mol. The van der Waals surface area contributed by atoms with E-state index in [-0.39, 0.29) is 5.56 Å². The van der Waals surface area contributed by atoms with E-state index in [0.717, 1.165) is 19.3 Å². The number of nitrogens with zero attached hydrogens (tertiary/aromatic N) is 1. The van der Waals surface area contributed by atoms with Crippen LogP contribution in [0.4, 0.5) is 4.79 Å². The Labute approximate surface area is 152 Å². The zero-order valence-electron chi connectivity index (χ0n) is 14.4. The number of nitrogens with one attached hydrogen (secondary N) is 2. The van der Waals surface area contributed by atoms with Gasteiger partial charge in [0, 0.05) is 6.54 Å². The fourth-order valence-corrected chi connectivity index (χ4v) is 2.61. The summed E-state index contributed by atoms with van der Waals surface area (Å²) < 4.78 is 4.84. The molecule has 1 aromatic rings. The second-order valence-electron chi connectivity index (χ2n) is 5.93. The number of amides is 3. The zero-order chi connectivity index (χ0) is 18.8. The average molecular weight is 355 g/mol. The van der Waals surface area contributed by atoms with Gasteiger partial charge in [0.1, 0.15) is 0 Å². The number of hydrogen-bond donors (Lipinski definition) is 2. The lowest BCUT2D eigenvalue weighted by Gasteiger charge is -2.13. The number of imide groups is 1. The third-order valence-electron chi connectivity index (χ3n) is 3.93. The van der Waals surface area contributed by atoms with Gasteiger partial charge in [-0.05, 0) is 50.3 Å². The van der Waals surface area contributed by atoms with Gasteiger partial charge in [0.15, 0.2) is 6.61 Å². The highest BCUT2D eigenvalue weighted by Crippen LogP contribution is 2.19. The van der Waals surface area contributed by atoms with Crippen molar-refractivity contribution < 1.29 is 19.1 Å². The maximum absolute atomic E-state index is 11.8. The molecule has 0 unspecified atom stereocenters. The second-order valence-corrected chi connectivity index (χ2v) is 5.93. The topological polar surface area (TPSA) is 108 Å². The van der Waals surface area contributed by atoms with Crippen LogP contribution < -0.4 is 10.6 Å². The number of hydrogen-bond acceptors (Lipinski definition) is 5. The van der Waals surface area contributed by atoms with Crippen LogP contribution in [0.2, 0.25) is 0 Å². The lowest BCUT2D eigenvalue weighted by atomic mass is 9.97. The molecule has 0 aliphatic heterocycles. The van der Waals surface area contributed by atoms with Gasteiger partial charge >= 0.3 is 12.0 Å². The van der Waals surface area contributed by atoms with Crippen LogP contribution in [0.25, 0.3) is 0 Å². The Hall–Kier alpha value is -3.14. The van der Waals surface area contributed by atoms with E-state index in [1.807, 2.05) is 6.07 Å². The first kappa shape index (κ1) is 19.2. The van der Waals surface area contributed by atoms with Crippen molar-refractivity contribution in [3.63, 3.8) is 0 Å². The maximum Gasteiger partial charge on any atom is 0.338 e. The minimum absolute atomic E-state index is 0.169. The summed E-state index contributed by atoms with van der Waals surface area (Å²) in [5.74, 6) is -1.45. The van der Waals surface area contributed by atoms with Crippen molar-refractivity contribution in [3.8, 4) is 6.07 Å². The summed E-state index contributed by atoms with van der Waals surface area (Å²) in [6.07, 6.45) is 7.51. The Morgan fingerprint density at radius 1 is 1.23 bits per heavy atom. The minimum Gasteiger partial charge on any atom is -0.452 e. The van der Waals surface area contributed by atoms with Crippen LogP contribution in [-0.2, 0) is 9.53 Å². The molecule has 0 atom stereocenters. The summed E-state index contributed by atoms with van der Waals surface area (Å²) in [7, 11) is 0. The van der Waals surface area contributed by atoms with E-state index in [2.05, 4.69) is 16.7 Å². The fourth-order valence-electron chi connectivity index (χ4n) is 2.61. The quantitative estimate of drug-likeness (QED) is 0.602. The number of benzene rings is 1. The number of ether oxygens (including phenoxy) is 1. The summed E-state index contributed by atoms with van der Waals surface area (Å²) in [4.78, 5) is 35.2. The minimum atomic E-state index is -0.734. The van der Waals surface area contributed by atoms with E-state index >= 15 is 0 Å². The Kier molecular flexibility index (Phi) is 7.37. The summed E-state index contributed by atoms with van der Waals surface area (Å²) >= 11 is 0. The number of nitriles is 1. The molecule has 0 radical (unpaired) electrons. The molecule has 7 nitrogen and oxygen atoms in total. The highest BCUT2D eigenvalue weighted by atomic mass is 16.5. The van der Waals surface area contributed by atoms with Crippen molar-refractivity contribution in [2.45, 2.75) is 32.1 Å². The molecule has 2 N–H and O–H groups in total. The van der Waals surface area contributed by atoms with Gasteiger partial charge in [-0.15, -0.1) is 0 Å². The third-order valence-corrected chi connectivity index (χ3v) is 3.93. The van der Waals surface area contributed by atoms with Crippen molar-refractivity contribution in [2.24, 2.45) is 0 Å². The van der Waals surface area contributed by atoms with Crippen LogP contribution in [0.1, 0.15) is 48.0 Å². The molecule has 1 aliphatic rings. The molecule has 0 saturated heterocycles. The molecule has 0 spiro atoms. The van der Waals surface area contributed by atoms with E-state index < -0.39 is 24.5 Å². The standard InChI is InChI=1S/C19H21N3O4/c20-12-15-7-4-8-16(11-15)18(24)26-13-17(23)22-19(25)21-10-9-14-5-2-1-3-6-14/h4-5,7-8,11H,1-3,6,9-10,13H2,(H2,21,22,23,25). The summed E-state index contributed by atoms with van der Waals surface area (Å²) in [6, 6.07) is 7.24. The molecule has 2 rings (SSSR count). The first-order chi connectivity index (χ1) is 12.6. The first-order valence-corrected chi connectivity index (χ1v) is 8.51. The Balaban J connectivity index is 1.67. The van der Waals surface area contributed by atoms with Gasteiger partial charge in [-0.25, -0.2) is 9.59 Å². The number of urea groups is 1. The molecule has 0 saturated carbocycles. The molecule has 1 aromatic carbocycles. The van der Waals surface area contributed by atoms with Crippen LogP contribution in [0.5, 0.6) is 0 Å². The maximum atomic E-state index is 11.8. The van der Waals surface area contributed by atoms with Gasteiger partial charge in [0.2, 0.25) is 0 Å². The lowest BCUT2D eigenvalue weighted by Crippen LogP contribution is -2.41. The second kappa shape index (κ2) is 9.99. The molecule has 7 heteroatoms. The van der Waals surface area contributed by atoms with Crippen LogP contribution in [0, 0.1) is 11.3 Å². The molecule has 3 amide bonds. The van der Waals surface area contributed by atoms with Crippen molar-refractivity contribution in [1.82, 2.24) is 10.6 Å². The Morgan fingerprint density at radius 3 is 2.81 bits per heavy atom. The van der Waals surface area contributed by atoms with E-state index in [4.69, 9.17) is 10.00 Å². The number of carbonyl (C=O) groups excluding carboxylic acids is 3. The van der Waals surface area contributed by atoms with Crippen molar-refractivity contribution >= 4 is 17.9 Å². The SMILES string of the molecule is N#Cc1cccc(C(=O)OCC(=O)NC(=O)NCCC2=CCCCC2)c1. The smallest absolute Gasteiger partial charge is 0.338 e. The molecule has 1 aliphatic carbocycles. The van der Waals surface area contributed by atoms with Crippen LogP contribution >= 0.6 is 0 Å². The van der Waals surface area contributed by atoms with Gasteiger partial charge in [0.25, 0.3) is 5.91 Å². The molecule has 0 fully saturated rings. The number of rotatable bonds is 6. The lowest BCUT2D eigenvalue weighted by molar-refractivity contribution is -0.123. The van der Waals surface area contributed by atoms with Gasteiger partial charge in [-0.1, -0.05) is 17.7 Å². The van der Waals surface area contributed by atoms with Crippen LogP contribution in [-0.4, -0.2) is 31.1 Å². The summed E-state index contributed by atoms with van der Waals surface area (Å²) in [5, 5.41) is 13.5. The summed E-state index contributed by atoms with van der Waals surface area (Å²) in [6.45, 7) is -0.125. The highest BCUT2D eigenvalue weighted by Gasteiger charge is 2.13. The largest absolute Gasteiger partial charge is 0.452 e. The van der Waals surface area contributed by atoms with Gasteiger partial charge in [-0.2, -0.15) is 5.26 Å². The average Bonchev–Trinajstić information content (AvgIpc) is 2.67. The normalized spacial score (nSPS) is 13.1. The van der Waals surface area contributed by atoms with E-state index in [9.17, 15) is 14.4 Å². The Bertz CT molecular complexity index is 749. The fraction of sp³-hybridized carbons (Fsp3) is 0.368. The number of allylic oxidation sites excluding steroid dienone is 1. The monoisotopic (exact) mass is 355 g/mol. The van der Waals surface area contributed by atoms with Crippen molar-refractivity contribution in [2.75, 3.05) is 13.2 Å². The van der Waals surface area contributed by atoms with E-state index in [0.29, 0.717) is 12.1 Å². The Morgan fingerprint density at radius 2 is 2.08 bits per heavy atom. The zero-order valence-corrected chi connectivity index (χ0v) is 14.4. The number of esters is 1. The highest BCUT2D eigenvalue weighted by molar-refractivity contribution is 5.97. The van der Waals surface area contributed by atoms with Crippen LogP contribution in [0.3, 0.4) is 0 Å². The molecule has 136 valence electrons. The predicted octanol–water partition coefficient (Wildman–Crippen LogP) is 2.43. The first-order valence-electron chi connectivity index (χ1n) is 8.51. The van der Waals surface area contributed by atoms with Gasteiger partial charge < -0.3 is 10.1 Å². The van der Waals surface area contributed by atoms with Crippen LogP contribution in [0.15, 0.2) is 35.9 Å². The van der Waals surface area contributed by atoms with Crippen molar-refractivity contribution in [3.05, 3.63) is 47.0 Å². The van der Waals surface area contributed by atoms with Gasteiger partial charge in [-0.3, -0.25) is 10.1 Å². The molecule has 0 bridgehead atoms. The predicted molar refractivity (Wildman–Crippen MR) is 94.1 cm³/mol. The molecule has 0 aromatic heterocycles. The summed E-state index contributed by atoms with van der Waals surface area (Å²) in [5.41, 5.74) is 1.81. The van der Waals surface area contributed by atoms with Crippen molar-refractivity contribution in [1.29, 1.82) is 5.26 Å². The van der Waals surface area contributed by atoms with Gasteiger partial charge in [0.05, 0.1) is 17.2 Å².